The molecular weight excluding hydrogens is 420 g/mol. The lowest BCUT2D eigenvalue weighted by Crippen LogP contribution is -2.36. The molecule has 1 saturated heterocycles. The molecule has 164 valence electrons. The van der Waals surface area contributed by atoms with Crippen LogP contribution in [0.1, 0.15) is 18.5 Å². The molecule has 0 atom stereocenters. The average Bonchev–Trinajstić information content (AvgIpc) is 3.19. The largest absolute Gasteiger partial charge is 0.382 e. The summed E-state index contributed by atoms with van der Waals surface area (Å²) in [6.07, 6.45) is 7.42. The fourth-order valence-corrected chi connectivity index (χ4v) is 4.82. The molecule has 0 radical (unpaired) electrons. The van der Waals surface area contributed by atoms with Crippen molar-refractivity contribution in [3.05, 3.63) is 60.3 Å². The maximum atomic E-state index is 12.7. The van der Waals surface area contributed by atoms with Crippen LogP contribution in [0.25, 0.3) is 10.9 Å². The van der Waals surface area contributed by atoms with Gasteiger partial charge >= 0.3 is 10.0 Å². The lowest BCUT2D eigenvalue weighted by atomic mass is 10.0. The highest BCUT2D eigenvalue weighted by atomic mass is 32.2. The van der Waals surface area contributed by atoms with Gasteiger partial charge in [0.05, 0.1) is 12.1 Å². The van der Waals surface area contributed by atoms with Crippen LogP contribution >= 0.6 is 0 Å². The number of piperidine rings is 1. The Kier molecular flexibility index (Phi) is 6.41. The molecule has 0 unspecified atom stereocenters. The zero-order valence-corrected chi connectivity index (χ0v) is 18.8. The van der Waals surface area contributed by atoms with E-state index in [1.807, 2.05) is 47.7 Å². The number of anilines is 2. The number of terminal acetylenes is 1. The Labute approximate surface area is 189 Å². The summed E-state index contributed by atoms with van der Waals surface area (Å²) in [6, 6.07) is 17.4. The van der Waals surface area contributed by atoms with Crippen molar-refractivity contribution in [1.82, 2.24) is 8.87 Å². The standard InChI is InChI=1S/C25H26N4O2S/c1-3-32(30,31)29-22(11-8-16-26-20-9-5-4-6-10-20)19-23-24(12-7-13-25(23)29)27-21-14-17-28(2)18-15-21/h1,4-7,9-10,12-13,19,21,26-27H,14-18H2,2H3. The second-order valence-electron chi connectivity index (χ2n) is 7.90. The van der Waals surface area contributed by atoms with Gasteiger partial charge in [-0.2, -0.15) is 8.42 Å². The van der Waals surface area contributed by atoms with Gasteiger partial charge in [-0.15, -0.1) is 6.42 Å². The third-order valence-corrected chi connectivity index (χ3v) is 6.81. The van der Waals surface area contributed by atoms with Gasteiger partial charge in [-0.1, -0.05) is 30.2 Å². The van der Waals surface area contributed by atoms with Gasteiger partial charge in [0, 0.05) is 28.1 Å². The lowest BCUT2D eigenvalue weighted by Gasteiger charge is -2.30. The molecule has 7 heteroatoms. The summed E-state index contributed by atoms with van der Waals surface area (Å²) < 4.78 is 26.6. The van der Waals surface area contributed by atoms with E-state index in [9.17, 15) is 8.42 Å². The number of benzene rings is 2. The minimum Gasteiger partial charge on any atom is -0.382 e. The van der Waals surface area contributed by atoms with Crippen LogP contribution in [0.2, 0.25) is 0 Å². The Bertz CT molecular complexity index is 1300. The zero-order valence-electron chi connectivity index (χ0n) is 18.0. The molecule has 3 aromatic rings. The highest BCUT2D eigenvalue weighted by molar-refractivity contribution is 7.94. The smallest absolute Gasteiger partial charge is 0.309 e. The van der Waals surface area contributed by atoms with Crippen molar-refractivity contribution in [3.63, 3.8) is 0 Å². The molecular formula is C25H26N4O2S. The normalized spacial score (nSPS) is 15.0. The van der Waals surface area contributed by atoms with Crippen molar-refractivity contribution in [2.24, 2.45) is 0 Å². The summed E-state index contributed by atoms with van der Waals surface area (Å²) >= 11 is 0. The van der Waals surface area contributed by atoms with Crippen LogP contribution in [0.4, 0.5) is 11.4 Å². The molecule has 0 saturated carbocycles. The maximum absolute atomic E-state index is 12.7. The van der Waals surface area contributed by atoms with Crippen molar-refractivity contribution in [2.75, 3.05) is 37.3 Å². The van der Waals surface area contributed by atoms with Gasteiger partial charge in [-0.3, -0.25) is 0 Å². The van der Waals surface area contributed by atoms with Crippen LogP contribution in [0.3, 0.4) is 0 Å². The van der Waals surface area contributed by atoms with Crippen LogP contribution in [-0.4, -0.2) is 50.0 Å². The molecule has 0 bridgehead atoms. The second-order valence-corrected chi connectivity index (χ2v) is 9.45. The van der Waals surface area contributed by atoms with E-state index in [2.05, 4.69) is 34.4 Å². The van der Waals surface area contributed by atoms with Crippen molar-refractivity contribution < 1.29 is 8.42 Å². The number of hydrogen-bond donors (Lipinski definition) is 2. The lowest BCUT2D eigenvalue weighted by molar-refractivity contribution is 0.264. The first-order valence-corrected chi connectivity index (χ1v) is 12.0. The highest BCUT2D eigenvalue weighted by Crippen LogP contribution is 2.30. The van der Waals surface area contributed by atoms with Gasteiger partial charge in [0.2, 0.25) is 0 Å². The number of para-hydroxylation sites is 1. The zero-order chi connectivity index (χ0) is 22.6. The number of hydrogen-bond acceptors (Lipinski definition) is 5. The second kappa shape index (κ2) is 9.40. The highest BCUT2D eigenvalue weighted by Gasteiger charge is 2.21. The predicted molar refractivity (Wildman–Crippen MR) is 131 cm³/mol. The molecule has 32 heavy (non-hydrogen) atoms. The molecule has 0 amide bonds. The van der Waals surface area contributed by atoms with E-state index in [4.69, 9.17) is 6.42 Å². The molecule has 1 fully saturated rings. The number of nitrogens with one attached hydrogen (secondary N) is 2. The van der Waals surface area contributed by atoms with Crippen molar-refractivity contribution >= 4 is 32.3 Å². The SMILES string of the molecule is C#CS(=O)(=O)n1c(C#CCNc2ccccc2)cc2c(NC3CCN(C)CC3)cccc21. The van der Waals surface area contributed by atoms with E-state index >= 15 is 0 Å². The van der Waals surface area contributed by atoms with Crippen LogP contribution in [0.15, 0.2) is 54.6 Å². The first-order valence-electron chi connectivity index (χ1n) is 10.6. The fraction of sp³-hybridized carbons (Fsp3) is 0.280. The van der Waals surface area contributed by atoms with Gasteiger partial charge in [0.25, 0.3) is 0 Å². The number of fused-ring (bicyclic) bond motifs is 1. The summed E-state index contributed by atoms with van der Waals surface area (Å²) in [5.74, 6) is 6.00. The van der Waals surface area contributed by atoms with E-state index in [1.165, 1.54) is 0 Å². The van der Waals surface area contributed by atoms with Crippen molar-refractivity contribution in [3.8, 4) is 23.5 Å². The first kappa shape index (κ1) is 21.8. The van der Waals surface area contributed by atoms with E-state index in [0.717, 1.165) is 46.7 Å². The molecule has 6 nitrogen and oxygen atoms in total. The Morgan fingerprint density at radius 3 is 2.56 bits per heavy atom. The van der Waals surface area contributed by atoms with Gasteiger partial charge < -0.3 is 15.5 Å². The molecule has 1 aromatic heterocycles. The molecule has 0 spiro atoms. The summed E-state index contributed by atoms with van der Waals surface area (Å²) in [6.45, 7) is 2.44. The quantitative estimate of drug-likeness (QED) is 0.588. The van der Waals surface area contributed by atoms with Crippen LogP contribution in [-0.2, 0) is 10.0 Å². The number of nitrogens with zero attached hydrogens (tertiary/aromatic N) is 2. The van der Waals surface area contributed by atoms with Gasteiger partial charge in [0.1, 0.15) is 5.69 Å². The summed E-state index contributed by atoms with van der Waals surface area (Å²) in [5, 5.41) is 9.52. The van der Waals surface area contributed by atoms with Crippen LogP contribution < -0.4 is 10.6 Å². The first-order chi connectivity index (χ1) is 15.5. The Balaban J connectivity index is 1.66. The Hall–Kier alpha value is -3.39. The van der Waals surface area contributed by atoms with Gasteiger partial charge in [0.15, 0.2) is 0 Å². The predicted octanol–water partition coefficient (Wildman–Crippen LogP) is 3.38. The van der Waals surface area contributed by atoms with Crippen molar-refractivity contribution in [1.29, 1.82) is 0 Å². The van der Waals surface area contributed by atoms with E-state index in [1.54, 1.807) is 12.1 Å². The molecule has 1 aliphatic heterocycles. The third kappa shape index (κ3) is 4.75. The molecule has 1 aliphatic rings. The fourth-order valence-electron chi connectivity index (χ4n) is 3.94. The number of rotatable bonds is 5. The molecule has 2 N–H and O–H groups in total. The Morgan fingerprint density at radius 2 is 1.84 bits per heavy atom. The number of aromatic nitrogens is 1. The molecule has 2 heterocycles. The van der Waals surface area contributed by atoms with Crippen LogP contribution in [0, 0.1) is 23.5 Å². The molecule has 0 aliphatic carbocycles. The Morgan fingerprint density at radius 1 is 1.09 bits per heavy atom. The van der Waals surface area contributed by atoms with Crippen LogP contribution in [0.5, 0.6) is 0 Å². The van der Waals surface area contributed by atoms with E-state index < -0.39 is 10.0 Å². The maximum Gasteiger partial charge on any atom is 0.309 e. The molecule has 2 aromatic carbocycles. The summed E-state index contributed by atoms with van der Waals surface area (Å²) in [5.41, 5.74) is 2.73. The third-order valence-electron chi connectivity index (χ3n) is 5.64. The van der Waals surface area contributed by atoms with Gasteiger partial charge in [-0.05, 0) is 69.2 Å². The number of likely N-dealkylation sites (tertiary alicyclic amines) is 1. The monoisotopic (exact) mass is 446 g/mol. The average molecular weight is 447 g/mol. The van der Waals surface area contributed by atoms with E-state index in [-0.39, 0.29) is 0 Å². The van der Waals surface area contributed by atoms with E-state index in [0.29, 0.717) is 23.8 Å². The summed E-state index contributed by atoms with van der Waals surface area (Å²) in [7, 11) is -1.85. The van der Waals surface area contributed by atoms with Crippen molar-refractivity contribution in [2.45, 2.75) is 18.9 Å². The summed E-state index contributed by atoms with van der Waals surface area (Å²) in [4.78, 5) is 2.31. The minimum absolute atomic E-state index is 0.342. The minimum atomic E-state index is -3.97. The topological polar surface area (TPSA) is 66.4 Å². The molecule has 4 rings (SSSR count). The van der Waals surface area contributed by atoms with Gasteiger partial charge in [-0.25, -0.2) is 3.97 Å².